The van der Waals surface area contributed by atoms with Crippen LogP contribution < -0.4 is 11.4 Å². The average Bonchev–Trinajstić information content (AvgIpc) is 2.58. The third kappa shape index (κ3) is 9.74. The van der Waals surface area contributed by atoms with Crippen LogP contribution in [-0.2, 0) is 19.1 Å². The van der Waals surface area contributed by atoms with Gasteiger partial charge in [0.2, 0.25) is 0 Å². The highest BCUT2D eigenvalue weighted by molar-refractivity contribution is 5.71. The van der Waals surface area contributed by atoms with Gasteiger partial charge in [0.25, 0.3) is 0 Å². The van der Waals surface area contributed by atoms with E-state index in [9.17, 15) is 14.4 Å². The molecule has 2 atom stereocenters. The van der Waals surface area contributed by atoms with Gasteiger partial charge in [0, 0.05) is 19.3 Å². The van der Waals surface area contributed by atoms with Crippen LogP contribution in [0.15, 0.2) is 17.1 Å². The molecule has 0 radical (unpaired) electrons. The SMILES string of the molecule is CC(C)C(=O)O.COC(COC(=O)C(C)C)CC(C)n1ccc(N)nc1=O. The van der Waals surface area contributed by atoms with E-state index in [-0.39, 0.29) is 42.4 Å². The lowest BCUT2D eigenvalue weighted by Crippen LogP contribution is -2.30. The second-order valence-electron chi connectivity index (χ2n) is 6.76. The number of ether oxygens (including phenoxy) is 2. The van der Waals surface area contributed by atoms with E-state index in [0.717, 1.165) is 0 Å². The highest BCUT2D eigenvalue weighted by Crippen LogP contribution is 2.14. The molecule has 9 nitrogen and oxygen atoms in total. The summed E-state index contributed by atoms with van der Waals surface area (Å²) in [5.41, 5.74) is 5.05. The van der Waals surface area contributed by atoms with Crippen molar-refractivity contribution in [2.45, 2.75) is 53.2 Å². The number of aliphatic carboxylic acids is 1. The Labute approximate surface area is 159 Å². The summed E-state index contributed by atoms with van der Waals surface area (Å²) in [4.78, 5) is 36.6. The van der Waals surface area contributed by atoms with Gasteiger partial charge in [-0.3, -0.25) is 14.2 Å². The predicted octanol–water partition coefficient (Wildman–Crippen LogP) is 1.72. The molecule has 0 saturated carbocycles. The van der Waals surface area contributed by atoms with E-state index < -0.39 is 11.7 Å². The number of esters is 1. The first kappa shape index (κ1) is 24.6. The molecular formula is C18H31N3O6. The van der Waals surface area contributed by atoms with Crippen LogP contribution in [0.2, 0.25) is 0 Å². The number of nitrogens with zero attached hydrogens (tertiary/aromatic N) is 2. The van der Waals surface area contributed by atoms with Crippen molar-refractivity contribution in [1.82, 2.24) is 9.55 Å². The molecule has 0 saturated heterocycles. The molecule has 0 aliphatic rings. The molecule has 1 aromatic heterocycles. The quantitative estimate of drug-likeness (QED) is 0.646. The van der Waals surface area contributed by atoms with Crippen LogP contribution in [-0.4, -0.2) is 46.4 Å². The number of hydrogen-bond donors (Lipinski definition) is 2. The molecule has 3 N–H and O–H groups in total. The van der Waals surface area contributed by atoms with Crippen LogP contribution in [0.25, 0.3) is 0 Å². The number of nitrogen functional groups attached to an aromatic ring is 1. The van der Waals surface area contributed by atoms with Crippen molar-refractivity contribution in [2.24, 2.45) is 11.8 Å². The molecule has 0 bridgehead atoms. The number of carbonyl (C=O) groups excluding carboxylic acids is 1. The summed E-state index contributed by atoms with van der Waals surface area (Å²) in [5, 5.41) is 7.99. The Morgan fingerprint density at radius 2 is 1.78 bits per heavy atom. The zero-order chi connectivity index (χ0) is 21.1. The molecule has 1 aromatic rings. The summed E-state index contributed by atoms with van der Waals surface area (Å²) in [6.45, 7) is 8.86. The van der Waals surface area contributed by atoms with E-state index in [4.69, 9.17) is 20.3 Å². The van der Waals surface area contributed by atoms with Crippen LogP contribution in [0.1, 0.15) is 47.1 Å². The maximum Gasteiger partial charge on any atom is 0.349 e. The van der Waals surface area contributed by atoms with Crippen molar-refractivity contribution in [3.8, 4) is 0 Å². The molecule has 154 valence electrons. The van der Waals surface area contributed by atoms with Crippen molar-refractivity contribution in [3.63, 3.8) is 0 Å². The number of methoxy groups -OCH3 is 1. The Balaban J connectivity index is 0.000000972. The molecule has 1 heterocycles. The van der Waals surface area contributed by atoms with Crippen LogP contribution in [0.4, 0.5) is 5.82 Å². The van der Waals surface area contributed by atoms with E-state index in [0.29, 0.717) is 6.42 Å². The van der Waals surface area contributed by atoms with Crippen LogP contribution in [0.5, 0.6) is 0 Å². The maximum absolute atomic E-state index is 11.8. The van der Waals surface area contributed by atoms with Gasteiger partial charge < -0.3 is 20.3 Å². The maximum atomic E-state index is 11.8. The Morgan fingerprint density at radius 3 is 2.19 bits per heavy atom. The fourth-order valence-electron chi connectivity index (χ4n) is 1.83. The van der Waals surface area contributed by atoms with Crippen molar-refractivity contribution in [1.29, 1.82) is 0 Å². The molecule has 0 spiro atoms. The number of rotatable bonds is 8. The molecule has 27 heavy (non-hydrogen) atoms. The first-order valence-corrected chi connectivity index (χ1v) is 8.76. The third-order valence-corrected chi connectivity index (χ3v) is 3.64. The highest BCUT2D eigenvalue weighted by Gasteiger charge is 2.18. The number of anilines is 1. The monoisotopic (exact) mass is 385 g/mol. The average molecular weight is 385 g/mol. The Kier molecular flexibility index (Phi) is 11.0. The first-order valence-electron chi connectivity index (χ1n) is 8.76. The summed E-state index contributed by atoms with van der Waals surface area (Å²) >= 11 is 0. The fraction of sp³-hybridized carbons (Fsp3) is 0.667. The zero-order valence-electron chi connectivity index (χ0n) is 16.8. The number of carboxylic acids is 1. The largest absolute Gasteiger partial charge is 0.481 e. The summed E-state index contributed by atoms with van der Waals surface area (Å²) in [6, 6.07) is 1.42. The van der Waals surface area contributed by atoms with Crippen molar-refractivity contribution in [3.05, 3.63) is 22.7 Å². The lowest BCUT2D eigenvalue weighted by molar-refractivity contribution is -0.151. The minimum absolute atomic E-state index is 0.145. The van der Waals surface area contributed by atoms with E-state index in [1.165, 1.54) is 4.57 Å². The van der Waals surface area contributed by atoms with E-state index in [1.807, 2.05) is 6.92 Å². The van der Waals surface area contributed by atoms with Crippen molar-refractivity contribution < 1.29 is 24.2 Å². The number of carboxylic acid groups (broad SMARTS) is 1. The van der Waals surface area contributed by atoms with Crippen LogP contribution >= 0.6 is 0 Å². The predicted molar refractivity (Wildman–Crippen MR) is 101 cm³/mol. The van der Waals surface area contributed by atoms with Gasteiger partial charge in [-0.1, -0.05) is 27.7 Å². The van der Waals surface area contributed by atoms with Gasteiger partial charge in [0.1, 0.15) is 12.4 Å². The Morgan fingerprint density at radius 1 is 1.22 bits per heavy atom. The molecule has 0 amide bonds. The molecule has 0 fully saturated rings. The van der Waals surface area contributed by atoms with Gasteiger partial charge in [-0.2, -0.15) is 4.98 Å². The topological polar surface area (TPSA) is 134 Å². The number of aromatic nitrogens is 2. The lowest BCUT2D eigenvalue weighted by Gasteiger charge is -2.21. The molecule has 0 aliphatic carbocycles. The van der Waals surface area contributed by atoms with Gasteiger partial charge in [-0.05, 0) is 19.4 Å². The van der Waals surface area contributed by atoms with Crippen LogP contribution in [0, 0.1) is 11.8 Å². The van der Waals surface area contributed by atoms with Gasteiger partial charge >= 0.3 is 17.6 Å². The second kappa shape index (κ2) is 12.1. The lowest BCUT2D eigenvalue weighted by atomic mass is 10.1. The van der Waals surface area contributed by atoms with E-state index in [2.05, 4.69) is 4.98 Å². The van der Waals surface area contributed by atoms with Gasteiger partial charge in [0.15, 0.2) is 0 Å². The van der Waals surface area contributed by atoms with Crippen molar-refractivity contribution >= 4 is 17.8 Å². The zero-order valence-corrected chi connectivity index (χ0v) is 16.8. The molecule has 2 unspecified atom stereocenters. The Hall–Kier alpha value is -2.42. The number of nitrogens with two attached hydrogens (primary N) is 1. The van der Waals surface area contributed by atoms with Crippen LogP contribution in [0.3, 0.4) is 0 Å². The molecule has 0 aromatic carbocycles. The number of carbonyl (C=O) groups is 2. The highest BCUT2D eigenvalue weighted by atomic mass is 16.6. The fourth-order valence-corrected chi connectivity index (χ4v) is 1.83. The third-order valence-electron chi connectivity index (χ3n) is 3.64. The standard InChI is InChI=1S/C14H23N3O4.C4H8O2/c1-9(2)13(18)21-8-11(20-4)7-10(3)17-6-5-12(15)16-14(17)19;1-3(2)4(5)6/h5-6,9-11H,7-8H2,1-4H3,(H2,15,16,19);3H,1-2H3,(H,5,6). The van der Waals surface area contributed by atoms with E-state index in [1.54, 1.807) is 47.1 Å². The molecular weight excluding hydrogens is 354 g/mol. The normalized spacial score (nSPS) is 12.9. The molecule has 1 rings (SSSR count). The van der Waals surface area contributed by atoms with Gasteiger partial charge in [0.05, 0.1) is 17.9 Å². The Bertz CT molecular complexity index is 657. The van der Waals surface area contributed by atoms with Gasteiger partial charge in [-0.25, -0.2) is 4.79 Å². The minimum Gasteiger partial charge on any atom is -0.481 e. The molecule has 0 aliphatic heterocycles. The summed E-state index contributed by atoms with van der Waals surface area (Å²) in [5.74, 6) is -1.22. The summed E-state index contributed by atoms with van der Waals surface area (Å²) in [7, 11) is 1.55. The number of hydrogen-bond acceptors (Lipinski definition) is 7. The molecule has 9 heteroatoms. The summed E-state index contributed by atoms with van der Waals surface area (Å²) < 4.78 is 11.9. The van der Waals surface area contributed by atoms with E-state index >= 15 is 0 Å². The van der Waals surface area contributed by atoms with Gasteiger partial charge in [-0.15, -0.1) is 0 Å². The first-order chi connectivity index (χ1) is 12.5. The smallest absolute Gasteiger partial charge is 0.349 e. The van der Waals surface area contributed by atoms with Crippen molar-refractivity contribution in [2.75, 3.05) is 19.5 Å². The second-order valence-corrected chi connectivity index (χ2v) is 6.76. The minimum atomic E-state index is -0.741. The summed E-state index contributed by atoms with van der Waals surface area (Å²) in [6.07, 6.45) is 1.84.